The quantitative estimate of drug-likeness (QED) is 0.0469. The van der Waals surface area contributed by atoms with E-state index in [9.17, 15) is 116 Å². The zero-order chi connectivity index (χ0) is 58.3. The summed E-state index contributed by atoms with van der Waals surface area (Å²) in [7, 11) is 0. The number of ketones is 1. The van der Waals surface area contributed by atoms with E-state index in [1.54, 1.807) is 0 Å². The molecular weight excluding hydrogens is 1090 g/mol. The van der Waals surface area contributed by atoms with Gasteiger partial charge in [0.2, 0.25) is 46.9 Å². The van der Waals surface area contributed by atoms with Crippen LogP contribution in [0.4, 0.5) is 0 Å². The Morgan fingerprint density at radius 1 is 0.562 bits per heavy atom. The smallest absolute Gasteiger partial charge is 0.340 e. The SMILES string of the molecule is O=C1OC2C3COC(=O)c4cc(O)c(O)c(O)c4-c4c(cc(Oc5c(C(=O)O)cc(O)c(O)c5O)c(O)c4O)C(=O)OC2C(OC(=O)c2cc(O)c(O)c4c2C2C1=CC(=O)C(O)(O4)C2(O)O)C(OC(=O)c1cc(O)c(O)c(O)c1)O3. The van der Waals surface area contributed by atoms with E-state index in [4.69, 9.17) is 37.9 Å². The third-order valence-corrected chi connectivity index (χ3v) is 13.2. The van der Waals surface area contributed by atoms with Crippen LogP contribution >= 0.6 is 0 Å². The van der Waals surface area contributed by atoms with E-state index in [1.807, 2.05) is 0 Å². The van der Waals surface area contributed by atoms with Crippen LogP contribution in [-0.2, 0) is 38.0 Å². The number of esters is 5. The van der Waals surface area contributed by atoms with Crippen molar-refractivity contribution < 1.29 is 158 Å². The van der Waals surface area contributed by atoms with Gasteiger partial charge in [0.05, 0.1) is 33.7 Å². The number of benzene rings is 5. The van der Waals surface area contributed by atoms with Gasteiger partial charge in [0, 0.05) is 28.8 Å². The maximum Gasteiger partial charge on any atom is 0.340 e. The molecule has 10 rings (SSSR count). The van der Waals surface area contributed by atoms with Crippen molar-refractivity contribution in [2.75, 3.05) is 6.61 Å². The molecule has 1 saturated heterocycles. The van der Waals surface area contributed by atoms with Crippen molar-refractivity contribution >= 4 is 41.6 Å². The topological polar surface area (TPSA) is 537 Å². The molecule has 0 amide bonds. The zero-order valence-corrected chi connectivity index (χ0v) is 38.9. The van der Waals surface area contributed by atoms with Gasteiger partial charge >= 0.3 is 41.6 Å². The Labute approximate surface area is 438 Å². The Morgan fingerprint density at radius 2 is 1.10 bits per heavy atom. The Hall–Kier alpha value is -10.8. The highest BCUT2D eigenvalue weighted by molar-refractivity contribution is 6.10. The molecule has 5 aromatic carbocycles. The molecule has 80 heavy (non-hydrogen) atoms. The Kier molecular flexibility index (Phi) is 11.8. The number of phenolic OH excluding ortho intramolecular Hbond substituents is 13. The van der Waals surface area contributed by atoms with Crippen LogP contribution in [-0.4, -0.2) is 177 Å². The van der Waals surface area contributed by atoms with Gasteiger partial charge in [-0.3, -0.25) is 4.79 Å². The van der Waals surface area contributed by atoms with Crippen LogP contribution in [0.15, 0.2) is 48.0 Å². The molecule has 32 heteroatoms. The van der Waals surface area contributed by atoms with Crippen molar-refractivity contribution in [1.82, 2.24) is 0 Å². The predicted octanol–water partition coefficient (Wildman–Crippen LogP) is -0.200. The van der Waals surface area contributed by atoms with Crippen molar-refractivity contribution in [2.24, 2.45) is 0 Å². The maximum absolute atomic E-state index is 15.2. The summed E-state index contributed by atoms with van der Waals surface area (Å²) >= 11 is 0. The van der Waals surface area contributed by atoms with Crippen LogP contribution in [0.25, 0.3) is 11.1 Å². The lowest BCUT2D eigenvalue weighted by Gasteiger charge is -2.49. The molecule has 17 N–H and O–H groups in total. The Morgan fingerprint density at radius 3 is 1.75 bits per heavy atom. The van der Waals surface area contributed by atoms with Gasteiger partial charge in [-0.2, -0.15) is 0 Å². The van der Waals surface area contributed by atoms with E-state index in [2.05, 4.69) is 0 Å². The summed E-state index contributed by atoms with van der Waals surface area (Å²) in [5, 5.41) is 184. The van der Waals surface area contributed by atoms with Crippen LogP contribution in [0, 0.1) is 0 Å². The van der Waals surface area contributed by atoms with Crippen LogP contribution < -0.4 is 9.47 Å². The molecule has 0 aromatic heterocycles. The Bertz CT molecular complexity index is 3700. The number of aromatic carboxylic acids is 1. The van der Waals surface area contributed by atoms with E-state index in [0.29, 0.717) is 30.3 Å². The number of cyclic esters (lactones) is 1. The Balaban J connectivity index is 1.23. The summed E-state index contributed by atoms with van der Waals surface area (Å²) in [6, 6.07) is 2.31. The van der Waals surface area contributed by atoms with Crippen LogP contribution in [0.5, 0.6) is 92.0 Å². The lowest BCUT2D eigenvalue weighted by Crippen LogP contribution is -2.70. The van der Waals surface area contributed by atoms with Crippen molar-refractivity contribution in [3.63, 3.8) is 0 Å². The summed E-state index contributed by atoms with van der Waals surface area (Å²) < 4.78 is 44.6. The van der Waals surface area contributed by atoms with Gasteiger partial charge in [-0.15, -0.1) is 0 Å². The second-order valence-electron chi connectivity index (χ2n) is 17.8. The lowest BCUT2D eigenvalue weighted by molar-refractivity contribution is -0.339. The minimum absolute atomic E-state index is 0.208. The fraction of sp³-hybridized carbons (Fsp3) is 0.188. The first-order valence-corrected chi connectivity index (χ1v) is 22.2. The van der Waals surface area contributed by atoms with Crippen molar-refractivity contribution in [1.29, 1.82) is 0 Å². The lowest BCUT2D eigenvalue weighted by atomic mass is 9.70. The summed E-state index contributed by atoms with van der Waals surface area (Å²) in [6.07, 6.45) is -12.9. The minimum atomic E-state index is -4.06. The van der Waals surface area contributed by atoms with Gasteiger partial charge in [-0.1, -0.05) is 0 Å². The number of ether oxygens (including phenoxy) is 8. The minimum Gasteiger partial charge on any atom is -0.504 e. The van der Waals surface area contributed by atoms with E-state index in [1.165, 1.54) is 0 Å². The molecule has 32 nitrogen and oxygen atoms in total. The molecule has 4 aliphatic heterocycles. The highest BCUT2D eigenvalue weighted by Crippen LogP contribution is 2.59. The monoisotopic (exact) mass is 1120 g/mol. The first kappa shape index (κ1) is 52.6. The van der Waals surface area contributed by atoms with Gasteiger partial charge < -0.3 is 125 Å². The standard InChI is InChI=1S/C48H32O32/c49-15-1-9(2-16(50)27(15)55)41(65)79-46-39-38-36(76-45(69)13-7-22(54)48(72)47(70,71)26(13)25-11(43(67)78-39)4-19(53)30(58)37(25)80-48)21(75-46)8-73-42(66)10-3-17(51)28(56)32(60)23(10)24-12(44(68)77-38)6-20(31(59)33(24)61)74-35-14(40(63)64)5-18(52)29(57)34(35)62/h1-7,21,26,36,38-39,46,49-53,55-62,70-72H,8H2,(H,63,64). The fourth-order valence-electron chi connectivity index (χ4n) is 9.32. The van der Waals surface area contributed by atoms with Crippen molar-refractivity contribution in [3.8, 4) is 103 Å². The largest absolute Gasteiger partial charge is 0.504 e. The normalized spacial score (nSPS) is 23.5. The molecule has 6 bridgehead atoms. The highest BCUT2D eigenvalue weighted by atomic mass is 16.8. The van der Waals surface area contributed by atoms with E-state index in [-0.39, 0.29) is 12.1 Å². The van der Waals surface area contributed by atoms with Crippen LogP contribution in [0.2, 0.25) is 0 Å². The number of fused-ring (bicyclic) bond motifs is 4. The summed E-state index contributed by atoms with van der Waals surface area (Å²) in [5.74, 6) is -46.2. The first-order chi connectivity index (χ1) is 37.5. The van der Waals surface area contributed by atoms with Crippen molar-refractivity contribution in [3.05, 3.63) is 81.4 Å². The van der Waals surface area contributed by atoms with E-state index in [0.717, 1.165) is 0 Å². The summed E-state index contributed by atoms with van der Waals surface area (Å²) in [6.45, 7) is -1.42. The number of carboxylic acids is 1. The number of rotatable bonds is 5. The number of carbonyl (C=O) groups is 7. The number of phenols is 13. The van der Waals surface area contributed by atoms with Gasteiger partial charge in [0.25, 0.3) is 5.79 Å². The molecule has 1 fully saturated rings. The number of aliphatic hydroxyl groups is 3. The molecule has 1 aliphatic carbocycles. The molecule has 4 heterocycles. The average molecular weight is 1120 g/mol. The fourth-order valence-corrected chi connectivity index (χ4v) is 9.32. The summed E-state index contributed by atoms with van der Waals surface area (Å²) in [5.41, 5.74) is -10.7. The molecule has 7 atom stereocenters. The van der Waals surface area contributed by atoms with Gasteiger partial charge in [0.15, 0.2) is 75.5 Å². The second-order valence-corrected chi connectivity index (χ2v) is 17.8. The van der Waals surface area contributed by atoms with Crippen molar-refractivity contribution in [2.45, 2.75) is 48.2 Å². The van der Waals surface area contributed by atoms with E-state index >= 15 is 4.79 Å². The predicted molar refractivity (Wildman–Crippen MR) is 241 cm³/mol. The number of hydrogen-bond donors (Lipinski definition) is 17. The van der Waals surface area contributed by atoms with Crippen LogP contribution in [0.3, 0.4) is 0 Å². The summed E-state index contributed by atoms with van der Waals surface area (Å²) in [4.78, 5) is 98.9. The molecule has 7 unspecified atom stereocenters. The third kappa shape index (κ3) is 7.64. The number of carboxylic acid groups (broad SMARTS) is 1. The van der Waals surface area contributed by atoms with Gasteiger partial charge in [-0.25, -0.2) is 28.8 Å². The molecule has 0 radical (unpaired) electrons. The van der Waals surface area contributed by atoms with Crippen LogP contribution in [0.1, 0.15) is 63.3 Å². The second kappa shape index (κ2) is 17.9. The van der Waals surface area contributed by atoms with Gasteiger partial charge in [0.1, 0.15) is 18.3 Å². The molecule has 5 aliphatic rings. The zero-order valence-electron chi connectivity index (χ0n) is 38.9. The number of hydrogen-bond acceptors (Lipinski definition) is 31. The first-order valence-electron chi connectivity index (χ1n) is 22.2. The van der Waals surface area contributed by atoms with E-state index < -0.39 is 238 Å². The molecule has 0 saturated carbocycles. The number of carbonyl (C=O) groups excluding carboxylic acids is 6. The maximum atomic E-state index is 15.2. The number of aromatic hydroxyl groups is 13. The van der Waals surface area contributed by atoms with Gasteiger partial charge in [-0.05, 0) is 30.3 Å². The molecule has 5 aromatic rings. The molecule has 0 spiro atoms. The highest BCUT2D eigenvalue weighted by Gasteiger charge is 2.70. The third-order valence-electron chi connectivity index (χ3n) is 13.2. The average Bonchev–Trinajstić information content (AvgIpc) is 3.55. The molecule has 416 valence electrons. The molecular formula is C48H32O32.